The van der Waals surface area contributed by atoms with E-state index in [1.807, 2.05) is 28.8 Å². The highest BCUT2D eigenvalue weighted by molar-refractivity contribution is 6.31. The average Bonchev–Trinajstić information content (AvgIpc) is 3.39. The number of Topliss-reactive ketones (excluding diaryl/α,β-unsaturated/α-hetero) is 2. The lowest BCUT2D eigenvalue weighted by molar-refractivity contribution is -0.123. The lowest BCUT2D eigenvalue weighted by Crippen LogP contribution is -2.41. The van der Waals surface area contributed by atoms with E-state index >= 15 is 0 Å². The molecule has 10 heteroatoms. The second-order valence-corrected chi connectivity index (χ2v) is 9.46. The Morgan fingerprint density at radius 1 is 1.16 bits per heavy atom. The number of phenolic OH excluding ortho intramolecular Hbond substituents is 2. The number of aryl methyl sites for hydroxylation is 1. The summed E-state index contributed by atoms with van der Waals surface area (Å²) in [5, 5.41) is 32.9. The van der Waals surface area contributed by atoms with Crippen LogP contribution >= 0.6 is 0 Å². The lowest BCUT2D eigenvalue weighted by atomic mass is 9.70. The Bertz CT molecular complexity index is 1580. The summed E-state index contributed by atoms with van der Waals surface area (Å²) in [7, 11) is 0. The molecule has 2 aliphatic rings. The Balaban J connectivity index is 1.43. The summed E-state index contributed by atoms with van der Waals surface area (Å²) in [4.78, 5) is 39.1. The van der Waals surface area contributed by atoms with E-state index in [4.69, 9.17) is 4.74 Å². The topological polar surface area (TPSA) is 143 Å². The molecule has 0 unspecified atom stereocenters. The van der Waals surface area contributed by atoms with Gasteiger partial charge in [0.25, 0.3) is 0 Å². The standard InChI is InChI=1S/C27H26N4O6/c1-13-23(34)21(15(3)32)25-22(24(13)35)27(4)17(37-25)12-16(33)20(26(27)36)14(2)28-10-7-9-19-30-29-18-8-5-6-11-31(18)19/h5-6,8,11-12,28,34-35H,7,9-10H2,1-4H3/b20-14+/t27-/m1/s1. The Morgan fingerprint density at radius 2 is 1.92 bits per heavy atom. The largest absolute Gasteiger partial charge is 0.507 e. The van der Waals surface area contributed by atoms with Crippen LogP contribution in [0.2, 0.25) is 0 Å². The van der Waals surface area contributed by atoms with Crippen molar-refractivity contribution in [2.24, 2.45) is 0 Å². The highest BCUT2D eigenvalue weighted by Gasteiger charge is 2.56. The molecule has 2 aromatic heterocycles. The zero-order chi connectivity index (χ0) is 26.6. The van der Waals surface area contributed by atoms with Crippen molar-refractivity contribution in [3.05, 3.63) is 70.0 Å². The fourth-order valence-corrected chi connectivity index (χ4v) is 5.03. The van der Waals surface area contributed by atoms with Gasteiger partial charge < -0.3 is 20.3 Å². The number of hydrogen-bond donors (Lipinski definition) is 3. The van der Waals surface area contributed by atoms with E-state index < -0.39 is 28.5 Å². The number of allylic oxidation sites excluding steroid dienone is 4. The van der Waals surface area contributed by atoms with Crippen molar-refractivity contribution in [2.75, 3.05) is 6.54 Å². The van der Waals surface area contributed by atoms with E-state index in [9.17, 15) is 24.6 Å². The van der Waals surface area contributed by atoms with Gasteiger partial charge in [-0.25, -0.2) is 0 Å². The monoisotopic (exact) mass is 502 g/mol. The van der Waals surface area contributed by atoms with E-state index in [0.29, 0.717) is 25.1 Å². The molecule has 37 heavy (non-hydrogen) atoms. The molecule has 0 saturated carbocycles. The number of benzene rings is 1. The van der Waals surface area contributed by atoms with Crippen LogP contribution in [-0.2, 0) is 21.4 Å². The van der Waals surface area contributed by atoms with Gasteiger partial charge in [-0.05, 0) is 46.2 Å². The van der Waals surface area contributed by atoms with Gasteiger partial charge in [0.1, 0.15) is 39.8 Å². The molecule has 1 aliphatic carbocycles. The molecular weight excluding hydrogens is 476 g/mol. The predicted molar refractivity (Wildman–Crippen MR) is 133 cm³/mol. The zero-order valence-corrected chi connectivity index (χ0v) is 20.9. The first-order valence-corrected chi connectivity index (χ1v) is 11.9. The number of ether oxygens (including phenoxy) is 1. The van der Waals surface area contributed by atoms with E-state index in [1.54, 1.807) is 13.8 Å². The Hall–Kier alpha value is -4.47. The molecule has 0 bridgehead atoms. The van der Waals surface area contributed by atoms with Gasteiger partial charge in [-0.15, -0.1) is 10.2 Å². The number of carbonyl (C=O) groups excluding carboxylic acids is 3. The first kappa shape index (κ1) is 24.2. The SMILES string of the molecule is CC(=O)c1c(O)c(C)c(O)c2c1OC1=CC(=O)/C(=C(/C)NCCCc3nnc4ccccn34)C(=O)[C@]12C. The van der Waals surface area contributed by atoms with Crippen molar-refractivity contribution in [3.8, 4) is 17.2 Å². The van der Waals surface area contributed by atoms with Crippen molar-refractivity contribution in [2.45, 2.75) is 46.0 Å². The molecule has 0 radical (unpaired) electrons. The molecule has 0 saturated heterocycles. The molecule has 1 aliphatic heterocycles. The van der Waals surface area contributed by atoms with Crippen LogP contribution in [0.25, 0.3) is 5.65 Å². The summed E-state index contributed by atoms with van der Waals surface area (Å²) in [5.74, 6) is -1.64. The van der Waals surface area contributed by atoms with Gasteiger partial charge in [0.05, 0.1) is 11.1 Å². The maximum atomic E-state index is 13.8. The summed E-state index contributed by atoms with van der Waals surface area (Å²) in [5.41, 5.74) is -0.436. The number of aromatic nitrogens is 3. The molecular formula is C27H26N4O6. The van der Waals surface area contributed by atoms with Crippen LogP contribution in [0.15, 0.2) is 47.5 Å². The second kappa shape index (κ2) is 8.58. The van der Waals surface area contributed by atoms with Crippen LogP contribution in [0.5, 0.6) is 17.2 Å². The third kappa shape index (κ3) is 3.51. The average molecular weight is 503 g/mol. The first-order valence-electron chi connectivity index (χ1n) is 11.9. The fourth-order valence-electron chi connectivity index (χ4n) is 5.03. The summed E-state index contributed by atoms with van der Waals surface area (Å²) >= 11 is 0. The van der Waals surface area contributed by atoms with Crippen molar-refractivity contribution in [1.82, 2.24) is 19.9 Å². The minimum atomic E-state index is -1.53. The van der Waals surface area contributed by atoms with Crippen molar-refractivity contribution in [3.63, 3.8) is 0 Å². The molecule has 5 rings (SSSR count). The van der Waals surface area contributed by atoms with Gasteiger partial charge in [0.15, 0.2) is 23.0 Å². The van der Waals surface area contributed by atoms with Gasteiger partial charge in [0.2, 0.25) is 0 Å². The van der Waals surface area contributed by atoms with E-state index in [2.05, 4.69) is 15.5 Å². The molecule has 1 aromatic carbocycles. The summed E-state index contributed by atoms with van der Waals surface area (Å²) in [6, 6.07) is 5.67. The normalized spacial score (nSPS) is 19.8. The summed E-state index contributed by atoms with van der Waals surface area (Å²) < 4.78 is 7.70. The molecule has 1 atom stereocenters. The minimum absolute atomic E-state index is 0.00975. The molecule has 3 aromatic rings. The van der Waals surface area contributed by atoms with Crippen LogP contribution in [0, 0.1) is 6.92 Å². The molecule has 190 valence electrons. The van der Waals surface area contributed by atoms with Crippen molar-refractivity contribution >= 4 is 23.0 Å². The second-order valence-electron chi connectivity index (χ2n) is 9.46. The molecule has 0 spiro atoms. The lowest BCUT2D eigenvalue weighted by Gasteiger charge is -2.29. The first-order chi connectivity index (χ1) is 17.6. The van der Waals surface area contributed by atoms with Gasteiger partial charge in [-0.3, -0.25) is 18.8 Å². The van der Waals surface area contributed by atoms with E-state index in [-0.39, 0.29) is 39.5 Å². The van der Waals surface area contributed by atoms with Gasteiger partial charge in [-0.1, -0.05) is 6.07 Å². The number of nitrogens with zero attached hydrogens (tertiary/aromatic N) is 3. The summed E-state index contributed by atoms with van der Waals surface area (Å²) in [6.07, 6.45) is 4.41. The number of pyridine rings is 1. The zero-order valence-electron chi connectivity index (χ0n) is 20.9. The smallest absolute Gasteiger partial charge is 0.194 e. The Labute approximate surface area is 212 Å². The van der Waals surface area contributed by atoms with Crippen LogP contribution in [-0.4, -0.2) is 48.7 Å². The molecule has 3 heterocycles. The minimum Gasteiger partial charge on any atom is -0.507 e. The van der Waals surface area contributed by atoms with Gasteiger partial charge in [-0.2, -0.15) is 0 Å². The molecule has 0 amide bonds. The van der Waals surface area contributed by atoms with Crippen LogP contribution in [0.1, 0.15) is 54.5 Å². The third-order valence-electron chi connectivity index (χ3n) is 7.11. The number of phenols is 2. The van der Waals surface area contributed by atoms with Crippen molar-refractivity contribution < 1.29 is 29.3 Å². The number of fused-ring (bicyclic) bond motifs is 4. The number of rotatable bonds is 6. The highest BCUT2D eigenvalue weighted by atomic mass is 16.5. The van der Waals surface area contributed by atoms with Gasteiger partial charge in [0, 0.05) is 36.5 Å². The molecule has 3 N–H and O–H groups in total. The van der Waals surface area contributed by atoms with Crippen LogP contribution in [0.4, 0.5) is 0 Å². The van der Waals surface area contributed by atoms with Crippen molar-refractivity contribution in [1.29, 1.82) is 0 Å². The molecule has 10 nitrogen and oxygen atoms in total. The number of nitrogens with one attached hydrogen (secondary N) is 1. The summed E-state index contributed by atoms with van der Waals surface area (Å²) in [6.45, 7) is 6.37. The van der Waals surface area contributed by atoms with Crippen LogP contribution < -0.4 is 10.1 Å². The maximum Gasteiger partial charge on any atom is 0.194 e. The van der Waals surface area contributed by atoms with Gasteiger partial charge >= 0.3 is 0 Å². The Kier molecular flexibility index (Phi) is 5.62. The number of aromatic hydroxyl groups is 2. The van der Waals surface area contributed by atoms with Crippen LogP contribution in [0.3, 0.4) is 0 Å². The number of hydrogen-bond acceptors (Lipinski definition) is 9. The highest BCUT2D eigenvalue weighted by Crippen LogP contribution is 2.57. The molecule has 0 fully saturated rings. The number of carbonyl (C=O) groups is 3. The fraction of sp³-hybridized carbons (Fsp3) is 0.296. The predicted octanol–water partition coefficient (Wildman–Crippen LogP) is 2.83. The van der Waals surface area contributed by atoms with E-state index in [1.165, 1.54) is 19.9 Å². The maximum absolute atomic E-state index is 13.8. The Morgan fingerprint density at radius 3 is 2.65 bits per heavy atom. The number of ketones is 3. The quantitative estimate of drug-likeness (QED) is 0.201. The third-order valence-corrected chi connectivity index (χ3v) is 7.11. The van der Waals surface area contributed by atoms with E-state index in [0.717, 1.165) is 11.5 Å².